The normalized spacial score (nSPS) is 12.9. The number of hydrogen-bond acceptors (Lipinski definition) is 10. The lowest BCUT2D eigenvalue weighted by Crippen LogP contribution is -2.19. The van der Waals surface area contributed by atoms with E-state index in [1.165, 1.54) is 42.3 Å². The van der Waals surface area contributed by atoms with Gasteiger partial charge in [0.1, 0.15) is 11.8 Å². The molecule has 206 valence electrons. The summed E-state index contributed by atoms with van der Waals surface area (Å²) in [7, 11) is 1.51. The van der Waals surface area contributed by atoms with Crippen LogP contribution in [-0.2, 0) is 4.74 Å². The summed E-state index contributed by atoms with van der Waals surface area (Å²) in [4.78, 5) is 12.7. The van der Waals surface area contributed by atoms with E-state index in [9.17, 15) is 17.6 Å². The number of anilines is 1. The number of nitrogens with zero attached hydrogens (tertiary/aromatic N) is 6. The maximum absolute atomic E-state index is 13.3. The van der Waals surface area contributed by atoms with E-state index in [0.717, 1.165) is 17.5 Å². The Balaban J connectivity index is 1.77. The summed E-state index contributed by atoms with van der Waals surface area (Å²) >= 11 is 1.15. The van der Waals surface area contributed by atoms with Gasteiger partial charge in [-0.15, -0.1) is 10.2 Å². The first-order valence-corrected chi connectivity index (χ1v) is 12.3. The van der Waals surface area contributed by atoms with E-state index in [-0.39, 0.29) is 22.7 Å². The summed E-state index contributed by atoms with van der Waals surface area (Å²) in [6.45, 7) is -2.78. The van der Waals surface area contributed by atoms with Gasteiger partial charge >= 0.3 is 13.2 Å². The van der Waals surface area contributed by atoms with Crippen molar-refractivity contribution >= 4 is 17.9 Å². The molecular weight excluding hydrogens is 542 g/mol. The minimum atomic E-state index is -3.24. The van der Waals surface area contributed by atoms with Gasteiger partial charge in [0.2, 0.25) is 5.95 Å². The Morgan fingerprint density at radius 3 is 2.15 bits per heavy atom. The Morgan fingerprint density at radius 2 is 1.59 bits per heavy atom. The number of nitrogens with one attached hydrogen (secondary N) is 1. The molecular formula is C24H23F4N7O3S. The molecule has 2 atom stereocenters. The number of methoxy groups -OCH3 is 1. The third kappa shape index (κ3) is 6.72. The van der Waals surface area contributed by atoms with E-state index < -0.39 is 30.8 Å². The van der Waals surface area contributed by atoms with Crippen molar-refractivity contribution in [2.24, 2.45) is 0 Å². The van der Waals surface area contributed by atoms with Crippen LogP contribution in [0.3, 0.4) is 0 Å². The Kier molecular flexibility index (Phi) is 9.14. The number of rotatable bonds is 12. The number of ether oxygens (including phenoxy) is 3. The first-order valence-electron chi connectivity index (χ1n) is 11.4. The van der Waals surface area contributed by atoms with Crippen LogP contribution in [0.15, 0.2) is 55.1 Å². The van der Waals surface area contributed by atoms with Crippen molar-refractivity contribution in [2.45, 2.75) is 38.4 Å². The zero-order valence-electron chi connectivity index (χ0n) is 20.8. The van der Waals surface area contributed by atoms with E-state index in [1.54, 1.807) is 24.5 Å². The van der Waals surface area contributed by atoms with Gasteiger partial charge in [-0.2, -0.15) is 17.6 Å². The van der Waals surface area contributed by atoms with E-state index in [2.05, 4.69) is 39.3 Å². The third-order valence-corrected chi connectivity index (χ3v) is 6.19. The van der Waals surface area contributed by atoms with Gasteiger partial charge in [0.05, 0.1) is 5.25 Å². The molecule has 0 aliphatic rings. The smallest absolute Gasteiger partial charge is 0.387 e. The van der Waals surface area contributed by atoms with Gasteiger partial charge in [-0.05, 0) is 55.6 Å². The average Bonchev–Trinajstić information content (AvgIpc) is 3.32. The van der Waals surface area contributed by atoms with Crippen LogP contribution in [0.2, 0.25) is 0 Å². The Bertz CT molecular complexity index is 1340. The molecule has 0 spiro atoms. The number of alkyl halides is 4. The van der Waals surface area contributed by atoms with Crippen LogP contribution in [0.25, 0.3) is 17.1 Å². The second-order valence-electron chi connectivity index (χ2n) is 7.98. The highest BCUT2D eigenvalue weighted by Crippen LogP contribution is 2.40. The molecule has 4 rings (SSSR count). The van der Waals surface area contributed by atoms with Crippen LogP contribution in [0.5, 0.6) is 11.5 Å². The lowest BCUT2D eigenvalue weighted by atomic mass is 10.2. The summed E-state index contributed by atoms with van der Waals surface area (Å²) < 4.78 is 72.5. The van der Waals surface area contributed by atoms with E-state index in [4.69, 9.17) is 4.74 Å². The lowest BCUT2D eigenvalue weighted by Gasteiger charge is -2.22. The molecule has 0 amide bonds. The van der Waals surface area contributed by atoms with Gasteiger partial charge in [-0.1, -0.05) is 6.07 Å². The number of hydrogen-bond donors (Lipinski definition) is 1. The SMILES string of the molecule is CO[C@H](c1ncc(C)cn1)C(C)SNc1nnc(-c2cccnc2)n1-c1c(OC(F)F)cccc1OC(F)F. The topological polar surface area (TPSA) is 109 Å². The zero-order chi connectivity index (χ0) is 27.9. The molecule has 39 heavy (non-hydrogen) atoms. The van der Waals surface area contributed by atoms with Crippen molar-refractivity contribution in [1.29, 1.82) is 0 Å². The van der Waals surface area contributed by atoms with Crippen molar-refractivity contribution in [3.63, 3.8) is 0 Å². The van der Waals surface area contributed by atoms with Crippen molar-refractivity contribution in [3.8, 4) is 28.6 Å². The molecule has 0 saturated heterocycles. The van der Waals surface area contributed by atoms with Crippen LogP contribution < -0.4 is 14.2 Å². The van der Waals surface area contributed by atoms with Crippen LogP contribution in [0.4, 0.5) is 23.5 Å². The fourth-order valence-corrected chi connectivity index (χ4v) is 4.39. The summed E-state index contributed by atoms with van der Waals surface area (Å²) in [5.74, 6) is -0.303. The molecule has 1 aromatic carbocycles. The van der Waals surface area contributed by atoms with Crippen molar-refractivity contribution in [1.82, 2.24) is 29.7 Å². The highest BCUT2D eigenvalue weighted by molar-refractivity contribution is 8.01. The Hall–Kier alpha value is -3.98. The molecule has 0 aliphatic carbocycles. The molecule has 4 aromatic rings. The Morgan fingerprint density at radius 1 is 0.923 bits per heavy atom. The van der Waals surface area contributed by atoms with Gasteiger partial charge in [0, 0.05) is 37.5 Å². The summed E-state index contributed by atoms with van der Waals surface area (Å²) in [5, 5.41) is 8.00. The molecule has 0 aliphatic heterocycles. The maximum atomic E-state index is 13.3. The summed E-state index contributed by atoms with van der Waals surface area (Å²) in [6, 6.07) is 6.92. The second kappa shape index (κ2) is 12.7. The van der Waals surface area contributed by atoms with Crippen LogP contribution >= 0.6 is 11.9 Å². The highest BCUT2D eigenvalue weighted by atomic mass is 32.2. The molecule has 3 aromatic heterocycles. The molecule has 15 heteroatoms. The zero-order valence-corrected chi connectivity index (χ0v) is 21.7. The van der Waals surface area contributed by atoms with E-state index in [0.29, 0.717) is 11.4 Å². The number of aryl methyl sites for hydroxylation is 1. The number of aromatic nitrogens is 6. The standard InChI is InChI=1S/C24H23F4N7O3S/c1-13-10-30-20(31-11-13)19(36-3)14(2)39-34-24-33-32-21(15-6-5-9-29-12-15)35(24)18-16(37-22(25)26)7-4-8-17(18)38-23(27)28/h4-12,14,19,22-23H,1-3H3,(H,33,34)/t14?,19-/m0/s1. The molecule has 0 saturated carbocycles. The number of para-hydroxylation sites is 1. The molecule has 3 heterocycles. The van der Waals surface area contributed by atoms with Crippen LogP contribution in [0, 0.1) is 6.92 Å². The number of pyridine rings is 1. The quantitative estimate of drug-likeness (QED) is 0.176. The maximum Gasteiger partial charge on any atom is 0.387 e. The minimum Gasteiger partial charge on any atom is -0.432 e. The number of halogens is 4. The van der Waals surface area contributed by atoms with Gasteiger partial charge in [-0.3, -0.25) is 14.3 Å². The average molecular weight is 566 g/mol. The predicted molar refractivity (Wildman–Crippen MR) is 135 cm³/mol. The van der Waals surface area contributed by atoms with Gasteiger partial charge in [0.15, 0.2) is 23.1 Å². The highest BCUT2D eigenvalue weighted by Gasteiger charge is 2.27. The molecule has 0 fully saturated rings. The van der Waals surface area contributed by atoms with Crippen LogP contribution in [-0.4, -0.2) is 55.3 Å². The largest absolute Gasteiger partial charge is 0.432 e. The summed E-state index contributed by atoms with van der Waals surface area (Å²) in [5.41, 5.74) is 1.05. The monoisotopic (exact) mass is 565 g/mol. The fourth-order valence-electron chi connectivity index (χ4n) is 3.61. The van der Waals surface area contributed by atoms with Gasteiger partial charge in [0.25, 0.3) is 0 Å². The first-order chi connectivity index (χ1) is 18.8. The molecule has 0 radical (unpaired) electrons. The fraction of sp³-hybridized carbons (Fsp3) is 0.292. The molecule has 1 unspecified atom stereocenters. The lowest BCUT2D eigenvalue weighted by molar-refractivity contribution is -0.0542. The van der Waals surface area contributed by atoms with E-state index >= 15 is 0 Å². The minimum absolute atomic E-state index is 0.00909. The van der Waals surface area contributed by atoms with E-state index in [1.807, 2.05) is 13.8 Å². The van der Waals surface area contributed by atoms with Crippen LogP contribution in [0.1, 0.15) is 24.4 Å². The van der Waals surface area contributed by atoms with Crippen molar-refractivity contribution in [2.75, 3.05) is 11.8 Å². The molecule has 0 bridgehead atoms. The number of benzene rings is 1. The van der Waals surface area contributed by atoms with Gasteiger partial charge < -0.3 is 14.2 Å². The third-order valence-electron chi connectivity index (χ3n) is 5.27. The predicted octanol–water partition coefficient (Wildman–Crippen LogP) is 5.47. The Labute approximate surface area is 224 Å². The molecule has 10 nitrogen and oxygen atoms in total. The second-order valence-corrected chi connectivity index (χ2v) is 9.17. The summed E-state index contributed by atoms with van der Waals surface area (Å²) in [6.07, 6.45) is 5.78. The van der Waals surface area contributed by atoms with Crippen molar-refractivity contribution in [3.05, 3.63) is 66.5 Å². The first kappa shape index (κ1) is 28.0. The molecule has 1 N–H and O–H groups in total. The van der Waals surface area contributed by atoms with Gasteiger partial charge in [-0.25, -0.2) is 9.97 Å². The van der Waals surface area contributed by atoms with Crippen molar-refractivity contribution < 1.29 is 31.8 Å².